The number of alkyl halides is 3. The van der Waals surface area contributed by atoms with E-state index in [0.29, 0.717) is 26.3 Å². The average Bonchev–Trinajstić information content (AvgIpc) is 2.91. The maximum atomic E-state index is 12.3. The molecule has 1 atom stereocenters. The van der Waals surface area contributed by atoms with Gasteiger partial charge in [0.25, 0.3) is 0 Å². The van der Waals surface area contributed by atoms with Crippen molar-refractivity contribution >= 4 is 21.8 Å². The highest BCUT2D eigenvalue weighted by Crippen LogP contribution is 2.35. The number of rotatable bonds is 3. The molecule has 3 heterocycles. The number of carbonyl (C=O) groups is 1. The number of anilines is 1. The van der Waals surface area contributed by atoms with Gasteiger partial charge in [0.15, 0.2) is 0 Å². The topological polar surface area (TPSA) is 113 Å². The zero-order chi connectivity index (χ0) is 22.4. The standard InChI is InChI=1S/C15H24N4O3S.C2HF3O2/c1-2-23(20,21)19-7-3-4-15(12-19)11-18(8-9-22-13-15)14-10-16-5-6-17-14;3-2(4,5)1(6)7/h5-6,10H,2-4,7-9,11-13H2,1H3;(H,6,7). The van der Waals surface area contributed by atoms with Crippen LogP contribution in [0, 0.1) is 5.41 Å². The van der Waals surface area contributed by atoms with Crippen LogP contribution in [0.1, 0.15) is 19.8 Å². The van der Waals surface area contributed by atoms with Gasteiger partial charge in [-0.05, 0) is 19.8 Å². The molecule has 2 fully saturated rings. The summed E-state index contributed by atoms with van der Waals surface area (Å²) in [6, 6.07) is 0. The summed E-state index contributed by atoms with van der Waals surface area (Å²) < 4.78 is 63.7. The number of aliphatic carboxylic acids is 1. The Morgan fingerprint density at radius 1 is 1.30 bits per heavy atom. The number of carboxylic acid groups (broad SMARTS) is 1. The van der Waals surface area contributed by atoms with Crippen LogP contribution in [0.3, 0.4) is 0 Å². The molecule has 0 aromatic carbocycles. The van der Waals surface area contributed by atoms with Crippen molar-refractivity contribution in [1.29, 1.82) is 0 Å². The molecule has 2 aliphatic heterocycles. The van der Waals surface area contributed by atoms with Crippen LogP contribution < -0.4 is 4.90 Å². The number of sulfonamides is 1. The van der Waals surface area contributed by atoms with Gasteiger partial charge in [-0.25, -0.2) is 22.5 Å². The number of hydrogen-bond donors (Lipinski definition) is 1. The first-order valence-electron chi connectivity index (χ1n) is 9.36. The molecule has 2 saturated heterocycles. The molecule has 1 aromatic heterocycles. The van der Waals surface area contributed by atoms with E-state index in [9.17, 15) is 21.6 Å². The minimum absolute atomic E-state index is 0.151. The summed E-state index contributed by atoms with van der Waals surface area (Å²) >= 11 is 0. The van der Waals surface area contributed by atoms with Crippen LogP contribution in [0.15, 0.2) is 18.6 Å². The molecule has 1 spiro atoms. The zero-order valence-corrected chi connectivity index (χ0v) is 17.3. The van der Waals surface area contributed by atoms with Crippen molar-refractivity contribution in [2.24, 2.45) is 5.41 Å². The molecule has 30 heavy (non-hydrogen) atoms. The Morgan fingerprint density at radius 2 is 2.00 bits per heavy atom. The lowest BCUT2D eigenvalue weighted by Gasteiger charge is -2.43. The molecule has 0 saturated carbocycles. The van der Waals surface area contributed by atoms with Crippen LogP contribution in [0.5, 0.6) is 0 Å². The minimum Gasteiger partial charge on any atom is -0.475 e. The highest BCUT2D eigenvalue weighted by atomic mass is 32.2. The van der Waals surface area contributed by atoms with Gasteiger partial charge in [-0.3, -0.25) is 4.98 Å². The SMILES string of the molecule is CCS(=O)(=O)N1CCCC2(COCCN(c3cnccn3)C2)C1.O=C(O)C(F)(F)F. The van der Waals surface area contributed by atoms with E-state index in [4.69, 9.17) is 14.6 Å². The highest BCUT2D eigenvalue weighted by Gasteiger charge is 2.42. The Bertz CT molecular complexity index is 809. The first-order valence-corrected chi connectivity index (χ1v) is 11.0. The van der Waals surface area contributed by atoms with Gasteiger partial charge in [0.2, 0.25) is 10.0 Å². The molecule has 170 valence electrons. The second-order valence-corrected chi connectivity index (χ2v) is 9.44. The second-order valence-electron chi connectivity index (χ2n) is 7.18. The summed E-state index contributed by atoms with van der Waals surface area (Å²) in [6.45, 7) is 5.57. The van der Waals surface area contributed by atoms with E-state index in [-0.39, 0.29) is 11.2 Å². The lowest BCUT2D eigenvalue weighted by molar-refractivity contribution is -0.192. The number of aromatic nitrogens is 2. The van der Waals surface area contributed by atoms with Crippen LogP contribution in [-0.4, -0.2) is 85.1 Å². The van der Waals surface area contributed by atoms with Crippen molar-refractivity contribution in [3.05, 3.63) is 18.6 Å². The maximum Gasteiger partial charge on any atom is 0.490 e. The van der Waals surface area contributed by atoms with Gasteiger partial charge >= 0.3 is 12.1 Å². The van der Waals surface area contributed by atoms with Crippen LogP contribution in [0.2, 0.25) is 0 Å². The molecular weight excluding hydrogens is 429 g/mol. The van der Waals surface area contributed by atoms with Gasteiger partial charge in [0.1, 0.15) is 5.82 Å². The molecule has 2 aliphatic rings. The van der Waals surface area contributed by atoms with Crippen LogP contribution in [0.25, 0.3) is 0 Å². The van der Waals surface area contributed by atoms with Crippen molar-refractivity contribution in [3.8, 4) is 0 Å². The smallest absolute Gasteiger partial charge is 0.475 e. The van der Waals surface area contributed by atoms with E-state index in [2.05, 4.69) is 14.9 Å². The Morgan fingerprint density at radius 3 is 2.57 bits per heavy atom. The summed E-state index contributed by atoms with van der Waals surface area (Å²) in [7, 11) is -3.16. The van der Waals surface area contributed by atoms with Gasteiger partial charge in [0.05, 0.1) is 25.2 Å². The molecule has 3 rings (SSSR count). The molecule has 1 N–H and O–H groups in total. The van der Waals surface area contributed by atoms with Crippen molar-refractivity contribution in [2.75, 3.05) is 50.0 Å². The van der Waals surface area contributed by atoms with Crippen LogP contribution >= 0.6 is 0 Å². The normalized spacial score (nSPS) is 23.4. The highest BCUT2D eigenvalue weighted by molar-refractivity contribution is 7.89. The molecule has 0 amide bonds. The number of carboxylic acids is 1. The van der Waals surface area contributed by atoms with Crippen molar-refractivity contribution in [3.63, 3.8) is 0 Å². The summed E-state index contributed by atoms with van der Waals surface area (Å²) in [5.41, 5.74) is -0.172. The summed E-state index contributed by atoms with van der Waals surface area (Å²) in [4.78, 5) is 19.6. The monoisotopic (exact) mass is 454 g/mol. The predicted molar refractivity (Wildman–Crippen MR) is 101 cm³/mol. The van der Waals surface area contributed by atoms with Gasteiger partial charge in [-0.1, -0.05) is 0 Å². The number of piperidine rings is 1. The molecule has 0 radical (unpaired) electrons. The van der Waals surface area contributed by atoms with Crippen molar-refractivity contribution in [2.45, 2.75) is 25.9 Å². The number of ether oxygens (including phenoxy) is 1. The van der Waals surface area contributed by atoms with E-state index in [0.717, 1.165) is 31.7 Å². The van der Waals surface area contributed by atoms with Gasteiger partial charge in [0, 0.05) is 44.0 Å². The molecule has 9 nitrogen and oxygen atoms in total. The zero-order valence-electron chi connectivity index (χ0n) is 16.5. The summed E-state index contributed by atoms with van der Waals surface area (Å²) in [5.74, 6) is -1.78. The number of nitrogens with zero attached hydrogens (tertiary/aromatic N) is 4. The van der Waals surface area contributed by atoms with Gasteiger partial charge < -0.3 is 14.7 Å². The van der Waals surface area contributed by atoms with E-state index in [1.165, 1.54) is 0 Å². The van der Waals surface area contributed by atoms with E-state index in [1.54, 1.807) is 29.8 Å². The maximum absolute atomic E-state index is 12.3. The molecule has 0 bridgehead atoms. The molecule has 1 unspecified atom stereocenters. The fourth-order valence-electron chi connectivity index (χ4n) is 3.47. The molecule has 0 aliphatic carbocycles. The molecule has 13 heteroatoms. The van der Waals surface area contributed by atoms with Gasteiger partial charge in [-0.2, -0.15) is 13.2 Å². The van der Waals surface area contributed by atoms with Crippen molar-refractivity contribution < 1.29 is 36.2 Å². The third-order valence-corrected chi connectivity index (χ3v) is 6.77. The third-order valence-electron chi connectivity index (χ3n) is 4.94. The number of halogens is 3. The van der Waals surface area contributed by atoms with Gasteiger partial charge in [-0.15, -0.1) is 0 Å². The Kier molecular flexibility index (Phi) is 7.99. The lowest BCUT2D eigenvalue weighted by atomic mass is 9.81. The Hall–Kier alpha value is -1.99. The van der Waals surface area contributed by atoms with E-state index in [1.807, 2.05) is 0 Å². The first kappa shape index (κ1) is 24.3. The lowest BCUT2D eigenvalue weighted by Crippen LogP contribution is -2.52. The summed E-state index contributed by atoms with van der Waals surface area (Å²) in [5, 5.41) is 7.12. The largest absolute Gasteiger partial charge is 0.490 e. The first-order chi connectivity index (χ1) is 14.0. The molecular formula is C17H25F3N4O5S. The van der Waals surface area contributed by atoms with Crippen LogP contribution in [-0.2, 0) is 19.6 Å². The second kappa shape index (κ2) is 9.88. The number of hydrogen-bond acceptors (Lipinski definition) is 7. The van der Waals surface area contributed by atoms with Crippen LogP contribution in [0.4, 0.5) is 19.0 Å². The van der Waals surface area contributed by atoms with Crippen molar-refractivity contribution in [1.82, 2.24) is 14.3 Å². The fraction of sp³-hybridized carbons (Fsp3) is 0.706. The fourth-order valence-corrected chi connectivity index (χ4v) is 4.72. The Labute approximate surface area is 172 Å². The summed E-state index contributed by atoms with van der Waals surface area (Å²) in [6.07, 6.45) is 1.85. The third kappa shape index (κ3) is 6.51. The quantitative estimate of drug-likeness (QED) is 0.729. The minimum atomic E-state index is -5.08. The average molecular weight is 454 g/mol. The predicted octanol–water partition coefficient (Wildman–Crippen LogP) is 1.38. The van der Waals surface area contributed by atoms with E-state index < -0.39 is 22.2 Å². The Balaban J connectivity index is 0.000000396. The van der Waals surface area contributed by atoms with E-state index >= 15 is 0 Å². The molecule has 1 aromatic rings.